The summed E-state index contributed by atoms with van der Waals surface area (Å²) in [6, 6.07) is -0.577. The fourth-order valence-corrected chi connectivity index (χ4v) is 3.16. The van der Waals surface area contributed by atoms with E-state index in [1.54, 1.807) is 7.05 Å². The Labute approximate surface area is 139 Å². The van der Waals surface area contributed by atoms with Crippen LogP contribution in [0, 0.1) is 5.92 Å². The van der Waals surface area contributed by atoms with Crippen LogP contribution in [0.3, 0.4) is 0 Å². The molecule has 0 aromatic rings. The summed E-state index contributed by atoms with van der Waals surface area (Å²) in [5, 5.41) is 5.24. The molecule has 2 atom stereocenters. The molecule has 0 aromatic heterocycles. The molecule has 0 radical (unpaired) electrons. The number of primary amides is 1. The molecule has 1 unspecified atom stereocenters. The molecule has 0 aliphatic carbocycles. The van der Waals surface area contributed by atoms with Crippen LogP contribution in [0.5, 0.6) is 0 Å². The summed E-state index contributed by atoms with van der Waals surface area (Å²) in [4.78, 5) is 47.6. The zero-order chi connectivity index (χ0) is 17.4. The van der Waals surface area contributed by atoms with Crippen LogP contribution in [0.2, 0.25) is 0 Å². The Balaban J connectivity index is 2.34. The Morgan fingerprint density at radius 1 is 1.35 bits per heavy atom. The number of hydrogen-bond acceptors (Lipinski definition) is 5. The first-order valence-electron chi connectivity index (χ1n) is 7.52. The van der Waals surface area contributed by atoms with Gasteiger partial charge >= 0.3 is 0 Å². The van der Waals surface area contributed by atoms with E-state index in [1.807, 2.05) is 6.92 Å². The summed E-state index contributed by atoms with van der Waals surface area (Å²) < 4.78 is 0. The van der Waals surface area contributed by atoms with Gasteiger partial charge in [0.1, 0.15) is 6.04 Å². The molecule has 0 spiro atoms. The molecular weight excluding hydrogens is 320 g/mol. The van der Waals surface area contributed by atoms with Gasteiger partial charge in [0.2, 0.25) is 23.6 Å². The standard InChI is InChI=1S/C14H24N4O4S/c1-3-10(14(15)22)18-6-9(4-13(18)21)5-17-12(20)8-23-7-11(19)16-2/h9-10H,3-8H2,1-2H3,(H2,15,22)(H,16,19)(H,17,20)/t9?,10-/m0/s1. The molecule has 23 heavy (non-hydrogen) atoms. The topological polar surface area (TPSA) is 122 Å². The molecule has 1 heterocycles. The molecule has 8 nitrogen and oxygen atoms in total. The fourth-order valence-electron chi connectivity index (χ4n) is 2.44. The maximum absolute atomic E-state index is 12.0. The number of hydrogen-bond donors (Lipinski definition) is 3. The summed E-state index contributed by atoms with van der Waals surface area (Å²) >= 11 is 1.23. The van der Waals surface area contributed by atoms with E-state index in [1.165, 1.54) is 16.7 Å². The van der Waals surface area contributed by atoms with E-state index in [0.717, 1.165) is 0 Å². The second-order valence-electron chi connectivity index (χ2n) is 5.41. The van der Waals surface area contributed by atoms with Crippen molar-refractivity contribution < 1.29 is 19.2 Å². The number of amides is 4. The monoisotopic (exact) mass is 344 g/mol. The summed E-state index contributed by atoms with van der Waals surface area (Å²) in [6.07, 6.45) is 0.783. The van der Waals surface area contributed by atoms with Gasteiger partial charge < -0.3 is 21.3 Å². The highest BCUT2D eigenvalue weighted by atomic mass is 32.2. The molecule has 1 fully saturated rings. The van der Waals surface area contributed by atoms with Crippen LogP contribution < -0.4 is 16.4 Å². The van der Waals surface area contributed by atoms with E-state index in [4.69, 9.17) is 5.73 Å². The fraction of sp³-hybridized carbons (Fsp3) is 0.714. The highest BCUT2D eigenvalue weighted by molar-refractivity contribution is 8.00. The lowest BCUT2D eigenvalue weighted by molar-refractivity contribution is -0.136. The average molecular weight is 344 g/mol. The van der Waals surface area contributed by atoms with Gasteiger partial charge in [-0.05, 0) is 6.42 Å². The molecule has 0 saturated carbocycles. The Morgan fingerprint density at radius 3 is 2.57 bits per heavy atom. The van der Waals surface area contributed by atoms with Crippen LogP contribution in [0.1, 0.15) is 19.8 Å². The highest BCUT2D eigenvalue weighted by Crippen LogP contribution is 2.21. The van der Waals surface area contributed by atoms with Crippen molar-refractivity contribution in [3.8, 4) is 0 Å². The molecule has 9 heteroatoms. The molecule has 130 valence electrons. The van der Waals surface area contributed by atoms with E-state index in [2.05, 4.69) is 10.6 Å². The summed E-state index contributed by atoms with van der Waals surface area (Å²) in [7, 11) is 1.54. The third kappa shape index (κ3) is 6.09. The number of nitrogens with one attached hydrogen (secondary N) is 2. The number of rotatable bonds is 9. The Hall–Kier alpha value is -1.77. The molecule has 1 rings (SSSR count). The molecule has 1 aliphatic rings. The van der Waals surface area contributed by atoms with Crippen LogP contribution >= 0.6 is 11.8 Å². The summed E-state index contributed by atoms with van der Waals surface area (Å²) in [5.41, 5.74) is 5.31. The molecule has 4 amide bonds. The van der Waals surface area contributed by atoms with Crippen LogP contribution in [0.15, 0.2) is 0 Å². The predicted molar refractivity (Wildman–Crippen MR) is 87.5 cm³/mol. The number of carbonyl (C=O) groups excluding carboxylic acids is 4. The first-order valence-corrected chi connectivity index (χ1v) is 8.68. The van der Waals surface area contributed by atoms with Crippen molar-refractivity contribution in [3.05, 3.63) is 0 Å². The quantitative estimate of drug-likeness (QED) is 0.480. The zero-order valence-electron chi connectivity index (χ0n) is 13.5. The van der Waals surface area contributed by atoms with Crippen molar-refractivity contribution in [2.75, 3.05) is 31.6 Å². The molecule has 0 bridgehead atoms. The van der Waals surface area contributed by atoms with Crippen molar-refractivity contribution in [2.45, 2.75) is 25.8 Å². The minimum Gasteiger partial charge on any atom is -0.368 e. The van der Waals surface area contributed by atoms with Crippen LogP contribution in [0.4, 0.5) is 0 Å². The van der Waals surface area contributed by atoms with Gasteiger partial charge in [-0.1, -0.05) is 6.92 Å². The average Bonchev–Trinajstić information content (AvgIpc) is 2.86. The van der Waals surface area contributed by atoms with Gasteiger partial charge in [0, 0.05) is 32.5 Å². The van der Waals surface area contributed by atoms with E-state index >= 15 is 0 Å². The van der Waals surface area contributed by atoms with Gasteiger partial charge in [0.15, 0.2) is 0 Å². The van der Waals surface area contributed by atoms with E-state index in [0.29, 0.717) is 25.9 Å². The molecule has 1 saturated heterocycles. The van der Waals surface area contributed by atoms with Crippen LogP contribution in [-0.2, 0) is 19.2 Å². The second-order valence-corrected chi connectivity index (χ2v) is 6.40. The lowest BCUT2D eigenvalue weighted by atomic mass is 10.1. The molecule has 4 N–H and O–H groups in total. The molecular formula is C14H24N4O4S. The van der Waals surface area contributed by atoms with Crippen molar-refractivity contribution in [3.63, 3.8) is 0 Å². The second kappa shape index (κ2) is 9.39. The van der Waals surface area contributed by atoms with Gasteiger partial charge in [0.05, 0.1) is 11.5 Å². The van der Waals surface area contributed by atoms with Gasteiger partial charge in [-0.2, -0.15) is 0 Å². The summed E-state index contributed by atoms with van der Waals surface area (Å²) in [5.74, 6) is -0.514. The van der Waals surface area contributed by atoms with Crippen molar-refractivity contribution >= 4 is 35.4 Å². The first kappa shape index (κ1) is 19.3. The number of likely N-dealkylation sites (tertiary alicyclic amines) is 1. The first-order chi connectivity index (χ1) is 10.9. The van der Waals surface area contributed by atoms with Crippen LogP contribution in [0.25, 0.3) is 0 Å². The third-order valence-corrected chi connectivity index (χ3v) is 4.60. The molecule has 0 aromatic carbocycles. The van der Waals surface area contributed by atoms with Crippen molar-refractivity contribution in [2.24, 2.45) is 11.7 Å². The van der Waals surface area contributed by atoms with Crippen molar-refractivity contribution in [1.82, 2.24) is 15.5 Å². The van der Waals surface area contributed by atoms with E-state index in [-0.39, 0.29) is 35.1 Å². The Kier molecular flexibility index (Phi) is 7.87. The largest absolute Gasteiger partial charge is 0.368 e. The maximum atomic E-state index is 12.0. The van der Waals surface area contributed by atoms with Gasteiger partial charge in [-0.25, -0.2) is 0 Å². The number of thioether (sulfide) groups is 1. The number of nitrogens with two attached hydrogens (primary N) is 1. The maximum Gasteiger partial charge on any atom is 0.240 e. The van der Waals surface area contributed by atoms with E-state index < -0.39 is 11.9 Å². The molecule has 1 aliphatic heterocycles. The number of carbonyl (C=O) groups is 4. The third-order valence-electron chi connectivity index (χ3n) is 3.66. The summed E-state index contributed by atoms with van der Waals surface area (Å²) in [6.45, 7) is 2.60. The van der Waals surface area contributed by atoms with Crippen molar-refractivity contribution in [1.29, 1.82) is 0 Å². The SMILES string of the molecule is CC[C@@H](C(N)=O)N1CC(CNC(=O)CSCC(=O)NC)CC1=O. The van der Waals surface area contributed by atoms with Gasteiger partial charge in [-0.15, -0.1) is 11.8 Å². The minimum atomic E-state index is -0.577. The highest BCUT2D eigenvalue weighted by Gasteiger charge is 2.35. The smallest absolute Gasteiger partial charge is 0.240 e. The number of nitrogens with zero attached hydrogens (tertiary/aromatic N) is 1. The Bertz CT molecular complexity index is 472. The van der Waals surface area contributed by atoms with Crippen LogP contribution in [-0.4, -0.2) is 66.2 Å². The minimum absolute atomic E-state index is 0.0243. The van der Waals surface area contributed by atoms with E-state index in [9.17, 15) is 19.2 Å². The van der Waals surface area contributed by atoms with Gasteiger partial charge in [0.25, 0.3) is 0 Å². The lowest BCUT2D eigenvalue weighted by Gasteiger charge is -2.24. The Morgan fingerprint density at radius 2 is 2.00 bits per heavy atom. The van der Waals surface area contributed by atoms with Gasteiger partial charge in [-0.3, -0.25) is 19.2 Å². The zero-order valence-corrected chi connectivity index (χ0v) is 14.3. The lowest BCUT2D eigenvalue weighted by Crippen LogP contribution is -2.45. The predicted octanol–water partition coefficient (Wildman–Crippen LogP) is -1.31. The normalized spacial score (nSPS) is 18.6.